The van der Waals surface area contributed by atoms with Gasteiger partial charge in [-0.3, -0.25) is 9.59 Å². The summed E-state index contributed by atoms with van der Waals surface area (Å²) in [7, 11) is 0. The van der Waals surface area contributed by atoms with Gasteiger partial charge in [0, 0.05) is 30.2 Å². The fourth-order valence-electron chi connectivity index (χ4n) is 3.70. The second kappa shape index (κ2) is 6.37. The number of carbonyl (C=O) groups excluding carboxylic acids is 1. The zero-order chi connectivity index (χ0) is 18.3. The van der Waals surface area contributed by atoms with E-state index in [0.717, 1.165) is 16.9 Å². The number of fused-ring (bicyclic) bond motifs is 2. The minimum absolute atomic E-state index is 0.121. The van der Waals surface area contributed by atoms with E-state index >= 15 is 0 Å². The van der Waals surface area contributed by atoms with E-state index in [1.54, 1.807) is 11.0 Å². The second-order valence-corrected chi connectivity index (χ2v) is 7.65. The zero-order valence-electron chi connectivity index (χ0n) is 14.0. The van der Waals surface area contributed by atoms with E-state index in [9.17, 15) is 19.5 Å². The fraction of sp³-hybridized carbons (Fsp3) is 0.389. The van der Waals surface area contributed by atoms with Crippen molar-refractivity contribution in [2.75, 3.05) is 19.7 Å². The van der Waals surface area contributed by atoms with Crippen LogP contribution < -0.4 is 5.56 Å². The molecular weight excluding hydrogens is 356 g/mol. The summed E-state index contributed by atoms with van der Waals surface area (Å²) in [4.78, 5) is 40.7. The van der Waals surface area contributed by atoms with Crippen molar-refractivity contribution in [1.82, 2.24) is 9.88 Å². The number of ether oxygens (including phenoxy) is 1. The van der Waals surface area contributed by atoms with Crippen molar-refractivity contribution >= 4 is 23.2 Å². The Bertz CT molecular complexity index is 903. The van der Waals surface area contributed by atoms with E-state index in [4.69, 9.17) is 4.74 Å². The lowest BCUT2D eigenvalue weighted by molar-refractivity contribution is -0.0906. The number of aromatic carboxylic acids is 1. The number of pyridine rings is 1. The Morgan fingerprint density at radius 2 is 2.04 bits per heavy atom. The first-order valence-corrected chi connectivity index (χ1v) is 9.29. The molecule has 2 aliphatic rings. The van der Waals surface area contributed by atoms with Crippen molar-refractivity contribution in [3.8, 4) is 0 Å². The van der Waals surface area contributed by atoms with Gasteiger partial charge >= 0.3 is 5.97 Å². The average Bonchev–Trinajstić information content (AvgIpc) is 3.09. The topological polar surface area (TPSA) is 99.7 Å². The number of nitrogens with one attached hydrogen (secondary N) is 1. The molecule has 26 heavy (non-hydrogen) atoms. The molecule has 136 valence electrons. The maximum absolute atomic E-state index is 12.6. The molecular formula is C18H18N2O5S. The van der Waals surface area contributed by atoms with Crippen LogP contribution in [-0.2, 0) is 16.8 Å². The fourth-order valence-corrected chi connectivity index (χ4v) is 4.95. The van der Waals surface area contributed by atoms with Crippen molar-refractivity contribution in [1.29, 1.82) is 0 Å². The number of carboxylic acid groups (broad SMARTS) is 1. The highest BCUT2D eigenvalue weighted by Crippen LogP contribution is 2.45. The summed E-state index contributed by atoms with van der Waals surface area (Å²) >= 11 is 1.29. The lowest BCUT2D eigenvalue weighted by atomic mass is 9.85. The molecule has 0 bridgehead atoms. The van der Waals surface area contributed by atoms with Gasteiger partial charge in [0.2, 0.25) is 5.56 Å². The van der Waals surface area contributed by atoms with Gasteiger partial charge in [0.05, 0.1) is 12.2 Å². The molecule has 1 spiro atoms. The van der Waals surface area contributed by atoms with E-state index in [-0.39, 0.29) is 11.5 Å². The Kier molecular flexibility index (Phi) is 4.16. The van der Waals surface area contributed by atoms with Crippen LogP contribution in [-0.4, -0.2) is 46.6 Å². The molecule has 0 radical (unpaired) electrons. The van der Waals surface area contributed by atoms with Gasteiger partial charge < -0.3 is 19.7 Å². The van der Waals surface area contributed by atoms with Crippen LogP contribution in [0, 0.1) is 0 Å². The van der Waals surface area contributed by atoms with Crippen LogP contribution in [0.5, 0.6) is 0 Å². The summed E-state index contributed by atoms with van der Waals surface area (Å²) in [5, 5.41) is 9.27. The van der Waals surface area contributed by atoms with Crippen molar-refractivity contribution in [3.05, 3.63) is 55.6 Å². The monoisotopic (exact) mass is 374 g/mol. The molecule has 2 aliphatic heterocycles. The van der Waals surface area contributed by atoms with Crippen LogP contribution in [0.15, 0.2) is 29.2 Å². The van der Waals surface area contributed by atoms with Gasteiger partial charge in [-0.2, -0.15) is 0 Å². The maximum atomic E-state index is 12.6. The van der Waals surface area contributed by atoms with Crippen LogP contribution in [0.3, 0.4) is 0 Å². The van der Waals surface area contributed by atoms with Gasteiger partial charge in [-0.15, -0.1) is 11.3 Å². The molecule has 0 atom stereocenters. The molecule has 0 aliphatic carbocycles. The molecule has 8 heteroatoms. The molecule has 0 aromatic carbocycles. The predicted octanol–water partition coefficient (Wildman–Crippen LogP) is 1.84. The number of H-pyrrole nitrogens is 1. The zero-order valence-corrected chi connectivity index (χ0v) is 14.8. The Morgan fingerprint density at radius 3 is 2.69 bits per heavy atom. The van der Waals surface area contributed by atoms with Crippen molar-refractivity contribution in [3.63, 3.8) is 0 Å². The van der Waals surface area contributed by atoms with Crippen LogP contribution >= 0.6 is 11.3 Å². The molecule has 1 saturated heterocycles. The predicted molar refractivity (Wildman–Crippen MR) is 94.8 cm³/mol. The summed E-state index contributed by atoms with van der Waals surface area (Å²) in [5.41, 5.74) is 0.775. The Balaban J connectivity index is 1.53. The van der Waals surface area contributed by atoms with Gasteiger partial charge in [-0.25, -0.2) is 4.79 Å². The highest BCUT2D eigenvalue weighted by Gasteiger charge is 2.43. The molecule has 0 saturated carbocycles. The first-order valence-electron chi connectivity index (χ1n) is 8.47. The lowest BCUT2D eigenvalue weighted by Gasteiger charge is -2.43. The summed E-state index contributed by atoms with van der Waals surface area (Å²) < 4.78 is 6.11. The standard InChI is InChI=1S/C18H18N2O5S/c21-14-2-1-12(10-19-14)16(22)20-6-4-18(5-7-20)15-11(3-8-25-18)9-13(26-15)17(23)24/h1-2,9-10H,3-8H2,(H,19,21)(H,23,24). The molecule has 1 fully saturated rings. The molecule has 4 heterocycles. The first kappa shape index (κ1) is 17.0. The number of piperidine rings is 1. The minimum atomic E-state index is -0.912. The molecule has 2 N–H and O–H groups in total. The second-order valence-electron chi connectivity index (χ2n) is 6.60. The van der Waals surface area contributed by atoms with E-state index in [2.05, 4.69) is 4.98 Å². The lowest BCUT2D eigenvalue weighted by Crippen LogP contribution is -2.47. The van der Waals surface area contributed by atoms with Gasteiger partial charge in [0.15, 0.2) is 0 Å². The maximum Gasteiger partial charge on any atom is 0.345 e. The Hall–Kier alpha value is -2.45. The number of hydrogen-bond acceptors (Lipinski definition) is 5. The van der Waals surface area contributed by atoms with Crippen LogP contribution in [0.1, 0.15) is 43.3 Å². The number of aromatic amines is 1. The molecule has 2 aromatic heterocycles. The van der Waals surface area contributed by atoms with Gasteiger partial charge in [-0.05, 0) is 37.0 Å². The van der Waals surface area contributed by atoms with Crippen molar-refractivity contribution < 1.29 is 19.4 Å². The Labute approximate surface area is 153 Å². The SMILES string of the molecule is O=C(O)c1cc2c(s1)C1(CCN(C(=O)c3ccc(=O)[nH]c3)CC1)OCC2. The largest absolute Gasteiger partial charge is 0.477 e. The van der Waals surface area contributed by atoms with Crippen molar-refractivity contribution in [2.24, 2.45) is 0 Å². The number of rotatable bonds is 2. The van der Waals surface area contributed by atoms with Gasteiger partial charge in [0.1, 0.15) is 10.5 Å². The first-order chi connectivity index (χ1) is 12.5. The quantitative estimate of drug-likeness (QED) is 0.836. The van der Waals surface area contributed by atoms with Gasteiger partial charge in [0.25, 0.3) is 5.91 Å². The van der Waals surface area contributed by atoms with Crippen LogP contribution in [0.2, 0.25) is 0 Å². The molecule has 2 aromatic rings. The number of nitrogens with zero attached hydrogens (tertiary/aromatic N) is 1. The van der Waals surface area contributed by atoms with E-state index in [0.29, 0.717) is 43.0 Å². The number of aromatic nitrogens is 1. The Morgan fingerprint density at radius 1 is 1.27 bits per heavy atom. The molecule has 7 nitrogen and oxygen atoms in total. The van der Waals surface area contributed by atoms with Crippen LogP contribution in [0.4, 0.5) is 0 Å². The van der Waals surface area contributed by atoms with Crippen LogP contribution in [0.25, 0.3) is 0 Å². The molecule has 0 unspecified atom stereocenters. The number of thiophene rings is 1. The average molecular weight is 374 g/mol. The van der Waals surface area contributed by atoms with Crippen molar-refractivity contribution in [2.45, 2.75) is 24.9 Å². The third kappa shape index (κ3) is 2.85. The number of amides is 1. The molecule has 1 amide bonds. The van der Waals surface area contributed by atoms with E-state index < -0.39 is 11.6 Å². The minimum Gasteiger partial charge on any atom is -0.477 e. The highest BCUT2D eigenvalue weighted by atomic mass is 32.1. The number of hydrogen-bond donors (Lipinski definition) is 2. The molecule has 4 rings (SSSR count). The number of likely N-dealkylation sites (tertiary alicyclic amines) is 1. The number of carboxylic acids is 1. The highest BCUT2D eigenvalue weighted by molar-refractivity contribution is 7.14. The summed E-state index contributed by atoms with van der Waals surface area (Å²) in [6.45, 7) is 1.62. The van der Waals surface area contributed by atoms with E-state index in [1.807, 2.05) is 0 Å². The smallest absolute Gasteiger partial charge is 0.345 e. The summed E-state index contributed by atoms with van der Waals surface area (Å²) in [5.74, 6) is -1.03. The third-order valence-corrected chi connectivity index (χ3v) is 6.42. The van der Waals surface area contributed by atoms with E-state index in [1.165, 1.54) is 29.7 Å². The number of carbonyl (C=O) groups is 2. The normalized spacial score (nSPS) is 18.5. The third-order valence-electron chi connectivity index (χ3n) is 5.07. The summed E-state index contributed by atoms with van der Waals surface area (Å²) in [6.07, 6.45) is 3.42. The summed E-state index contributed by atoms with van der Waals surface area (Å²) in [6, 6.07) is 4.62. The van der Waals surface area contributed by atoms with Gasteiger partial charge in [-0.1, -0.05) is 0 Å².